The molecule has 0 bridgehead atoms. The number of hydrogen-bond acceptors (Lipinski definition) is 3. The highest BCUT2D eigenvalue weighted by Crippen LogP contribution is 2.15. The summed E-state index contributed by atoms with van der Waals surface area (Å²) in [6.07, 6.45) is 1.60. The van der Waals surface area contributed by atoms with E-state index in [1.807, 2.05) is 6.92 Å². The number of hydrogen-bond donors (Lipinski definition) is 2. The Kier molecular flexibility index (Phi) is 4.22. The van der Waals surface area contributed by atoms with Crippen LogP contribution in [0.15, 0.2) is 16.9 Å². The third-order valence-electron chi connectivity index (χ3n) is 3.45. The van der Waals surface area contributed by atoms with Gasteiger partial charge in [-0.15, -0.1) is 0 Å². The van der Waals surface area contributed by atoms with E-state index in [0.717, 1.165) is 12.1 Å². The number of rotatable bonds is 4. The Morgan fingerprint density at radius 1 is 1.45 bits per heavy atom. The molecule has 1 aliphatic heterocycles. The zero-order valence-corrected chi connectivity index (χ0v) is 11.7. The van der Waals surface area contributed by atoms with E-state index in [0.29, 0.717) is 13.0 Å². The smallest absolute Gasteiger partial charge is 0.271 e. The van der Waals surface area contributed by atoms with Crippen molar-refractivity contribution in [3.8, 4) is 0 Å². The van der Waals surface area contributed by atoms with Gasteiger partial charge >= 0.3 is 0 Å². The summed E-state index contributed by atoms with van der Waals surface area (Å²) in [5.74, 6) is -0.162. The average Bonchev–Trinajstić information content (AvgIpc) is 2.79. The molecule has 2 heterocycles. The number of anilines is 1. The number of H-pyrrole nitrogens is 1. The predicted molar refractivity (Wildman–Crippen MR) is 75.5 cm³/mol. The molecule has 0 aromatic carbocycles. The van der Waals surface area contributed by atoms with Crippen LogP contribution in [0.25, 0.3) is 0 Å². The number of aromatic nitrogens is 1. The number of aromatic amines is 1. The second kappa shape index (κ2) is 5.90. The molecule has 1 fully saturated rings. The highest BCUT2D eigenvalue weighted by Gasteiger charge is 2.26. The Morgan fingerprint density at radius 2 is 2.20 bits per heavy atom. The van der Waals surface area contributed by atoms with E-state index in [4.69, 9.17) is 0 Å². The maximum Gasteiger partial charge on any atom is 0.271 e. The number of carbonyl (C=O) groups is 2. The number of likely N-dealkylation sites (tertiary alicyclic amines) is 1. The van der Waals surface area contributed by atoms with Crippen molar-refractivity contribution in [1.29, 1.82) is 0 Å². The van der Waals surface area contributed by atoms with E-state index in [2.05, 4.69) is 10.3 Å². The second-order valence-electron chi connectivity index (χ2n) is 5.18. The Balaban J connectivity index is 1.95. The molecule has 2 amide bonds. The number of aryl methyl sites for hydroxylation is 1. The monoisotopic (exact) mass is 277 g/mol. The number of nitrogens with zero attached hydrogens (tertiary/aromatic N) is 1. The molecule has 1 aromatic heterocycles. The summed E-state index contributed by atoms with van der Waals surface area (Å²) in [6.45, 7) is 4.33. The predicted octanol–water partition coefficient (Wildman–Crippen LogP) is 1.02. The minimum atomic E-state index is -0.316. The van der Waals surface area contributed by atoms with E-state index in [9.17, 15) is 14.4 Å². The molecule has 0 saturated carbocycles. The van der Waals surface area contributed by atoms with E-state index < -0.39 is 0 Å². The highest BCUT2D eigenvalue weighted by molar-refractivity contribution is 5.91. The molecule has 1 saturated heterocycles. The topological polar surface area (TPSA) is 82.3 Å². The highest BCUT2D eigenvalue weighted by atomic mass is 16.2. The lowest BCUT2D eigenvalue weighted by molar-refractivity contribution is -0.130. The van der Waals surface area contributed by atoms with Gasteiger partial charge in [0.05, 0.1) is 0 Å². The van der Waals surface area contributed by atoms with E-state index in [1.54, 1.807) is 24.0 Å². The van der Waals surface area contributed by atoms with Gasteiger partial charge in [0.2, 0.25) is 11.8 Å². The molecule has 0 aliphatic carbocycles. The van der Waals surface area contributed by atoms with Crippen molar-refractivity contribution in [2.75, 3.05) is 11.9 Å². The Bertz CT molecular complexity index is 579. The van der Waals surface area contributed by atoms with Gasteiger partial charge in [0, 0.05) is 31.1 Å². The molecule has 1 aromatic rings. The maximum absolute atomic E-state index is 11.9. The number of nitrogens with one attached hydrogen (secondary N) is 2. The third kappa shape index (κ3) is 3.26. The van der Waals surface area contributed by atoms with Crippen LogP contribution in [0.1, 0.15) is 31.9 Å². The van der Waals surface area contributed by atoms with Gasteiger partial charge in [0.15, 0.2) is 0 Å². The van der Waals surface area contributed by atoms with Crippen LogP contribution in [0.3, 0.4) is 0 Å². The van der Waals surface area contributed by atoms with E-state index in [1.165, 1.54) is 0 Å². The zero-order valence-electron chi connectivity index (χ0n) is 11.7. The first kappa shape index (κ1) is 14.3. The Labute approximate surface area is 117 Å². The quantitative estimate of drug-likeness (QED) is 0.862. The number of pyridine rings is 1. The summed E-state index contributed by atoms with van der Waals surface area (Å²) in [5, 5.41) is 2.59. The lowest BCUT2D eigenvalue weighted by Crippen LogP contribution is -2.37. The zero-order chi connectivity index (χ0) is 14.7. The molecule has 2 N–H and O–H groups in total. The van der Waals surface area contributed by atoms with Crippen LogP contribution in [0.5, 0.6) is 0 Å². The summed E-state index contributed by atoms with van der Waals surface area (Å²) in [6, 6.07) is 3.16. The molecular weight excluding hydrogens is 258 g/mol. The van der Waals surface area contributed by atoms with Gasteiger partial charge in [0.1, 0.15) is 5.69 Å². The number of carbonyl (C=O) groups excluding carboxylic acids is 2. The molecular formula is C14H19N3O3. The van der Waals surface area contributed by atoms with Crippen molar-refractivity contribution in [3.05, 3.63) is 28.2 Å². The van der Waals surface area contributed by atoms with Crippen LogP contribution in [0, 0.1) is 6.92 Å². The Morgan fingerprint density at radius 3 is 2.80 bits per heavy atom. The fourth-order valence-electron chi connectivity index (χ4n) is 2.39. The molecule has 20 heavy (non-hydrogen) atoms. The minimum Gasteiger partial charge on any atom is -0.339 e. The molecule has 108 valence electrons. The van der Waals surface area contributed by atoms with E-state index in [-0.39, 0.29) is 35.5 Å². The largest absolute Gasteiger partial charge is 0.339 e. The molecule has 1 atom stereocenters. The molecule has 0 unspecified atom stereocenters. The van der Waals surface area contributed by atoms with Gasteiger partial charge in [-0.05, 0) is 32.4 Å². The molecule has 1 aliphatic rings. The van der Waals surface area contributed by atoms with Crippen LogP contribution < -0.4 is 10.9 Å². The second-order valence-corrected chi connectivity index (χ2v) is 5.18. The van der Waals surface area contributed by atoms with Gasteiger partial charge in [0.25, 0.3) is 5.56 Å². The first-order valence-electron chi connectivity index (χ1n) is 6.76. The van der Waals surface area contributed by atoms with Crippen LogP contribution >= 0.6 is 0 Å². The van der Waals surface area contributed by atoms with Crippen LogP contribution in [0.2, 0.25) is 0 Å². The first-order valence-corrected chi connectivity index (χ1v) is 6.76. The van der Waals surface area contributed by atoms with Crippen LogP contribution in [-0.2, 0) is 9.59 Å². The molecule has 0 spiro atoms. The van der Waals surface area contributed by atoms with Crippen LogP contribution in [0.4, 0.5) is 5.69 Å². The Hall–Kier alpha value is -2.11. The minimum absolute atomic E-state index is 0.0958. The third-order valence-corrected chi connectivity index (χ3v) is 3.45. The van der Waals surface area contributed by atoms with E-state index >= 15 is 0 Å². The summed E-state index contributed by atoms with van der Waals surface area (Å²) in [7, 11) is 0. The van der Waals surface area contributed by atoms with Crippen molar-refractivity contribution in [3.63, 3.8) is 0 Å². The standard InChI is InChI=1S/C14H19N3O3/c1-9-5-6-11(14(20)15-9)16-12(18)8-10(2)17-7-3-4-13(17)19/h5-6,10H,3-4,7-8H2,1-2H3,(H,15,20)(H,16,18)/t10-/m0/s1. The lowest BCUT2D eigenvalue weighted by Gasteiger charge is -2.23. The van der Waals surface area contributed by atoms with Gasteiger partial charge in [-0.25, -0.2) is 0 Å². The summed E-state index contributed by atoms with van der Waals surface area (Å²) >= 11 is 0. The number of amides is 2. The fraction of sp³-hybridized carbons (Fsp3) is 0.500. The van der Waals surface area contributed by atoms with Gasteiger partial charge in [-0.1, -0.05) is 0 Å². The molecule has 2 rings (SSSR count). The summed E-state index contributed by atoms with van der Waals surface area (Å²) in [5.41, 5.74) is 0.660. The van der Waals surface area contributed by atoms with Crippen molar-refractivity contribution in [2.24, 2.45) is 0 Å². The molecule has 0 radical (unpaired) electrons. The van der Waals surface area contributed by atoms with Crippen molar-refractivity contribution < 1.29 is 9.59 Å². The fourth-order valence-corrected chi connectivity index (χ4v) is 2.39. The van der Waals surface area contributed by atoms with Gasteiger partial charge < -0.3 is 15.2 Å². The van der Waals surface area contributed by atoms with Crippen molar-refractivity contribution in [2.45, 2.75) is 39.2 Å². The van der Waals surface area contributed by atoms with Gasteiger partial charge in [-0.2, -0.15) is 0 Å². The molecule has 6 nitrogen and oxygen atoms in total. The van der Waals surface area contributed by atoms with Gasteiger partial charge in [-0.3, -0.25) is 14.4 Å². The molecule has 6 heteroatoms. The van der Waals surface area contributed by atoms with Crippen LogP contribution in [-0.4, -0.2) is 34.3 Å². The lowest BCUT2D eigenvalue weighted by atomic mass is 10.2. The summed E-state index contributed by atoms with van der Waals surface area (Å²) in [4.78, 5) is 39.5. The van der Waals surface area contributed by atoms with Crippen molar-refractivity contribution >= 4 is 17.5 Å². The maximum atomic E-state index is 11.9. The van der Waals surface area contributed by atoms with Crippen molar-refractivity contribution in [1.82, 2.24) is 9.88 Å². The SMILES string of the molecule is Cc1ccc(NC(=O)C[C@H](C)N2CCCC2=O)c(=O)[nH]1. The summed E-state index contributed by atoms with van der Waals surface area (Å²) < 4.78 is 0. The first-order chi connectivity index (χ1) is 9.47. The average molecular weight is 277 g/mol. The normalized spacial score (nSPS) is 16.3.